The van der Waals surface area contributed by atoms with Crippen LogP contribution in [0.15, 0.2) is 47.8 Å². The monoisotopic (exact) mass is 499 g/mol. The number of hydrazine groups is 1. The minimum absolute atomic E-state index is 0.0910. The van der Waals surface area contributed by atoms with E-state index in [4.69, 9.17) is 18.9 Å². The quantitative estimate of drug-likeness (QED) is 0.322. The lowest BCUT2D eigenvalue weighted by Gasteiger charge is -2.10. The summed E-state index contributed by atoms with van der Waals surface area (Å²) in [4.78, 5) is 40.5. The highest BCUT2D eigenvalue weighted by Gasteiger charge is 2.14. The van der Waals surface area contributed by atoms with Gasteiger partial charge in [-0.05, 0) is 37.3 Å². The molecule has 0 aliphatic heterocycles. The zero-order valence-corrected chi connectivity index (χ0v) is 20.3. The number of carbonyl (C=O) groups excluding carboxylic acids is 3. The van der Waals surface area contributed by atoms with E-state index < -0.39 is 24.4 Å². The number of rotatable bonds is 10. The first kappa shape index (κ1) is 25.5. The van der Waals surface area contributed by atoms with Crippen molar-refractivity contribution in [2.75, 3.05) is 20.8 Å². The molecule has 0 radical (unpaired) electrons. The summed E-state index contributed by atoms with van der Waals surface area (Å²) >= 11 is 1.36. The van der Waals surface area contributed by atoms with Crippen molar-refractivity contribution >= 4 is 29.1 Å². The molecule has 1 aromatic heterocycles. The maximum absolute atomic E-state index is 12.2. The van der Waals surface area contributed by atoms with E-state index in [1.807, 2.05) is 31.2 Å². The average Bonchev–Trinajstić information content (AvgIpc) is 3.32. The van der Waals surface area contributed by atoms with Gasteiger partial charge in [0, 0.05) is 10.9 Å². The molecule has 184 valence electrons. The van der Waals surface area contributed by atoms with Crippen molar-refractivity contribution in [2.45, 2.75) is 20.0 Å². The number of hydrogen-bond donors (Lipinski definition) is 2. The number of carbonyl (C=O) groups is 3. The van der Waals surface area contributed by atoms with Crippen molar-refractivity contribution < 1.29 is 33.3 Å². The Morgan fingerprint density at radius 1 is 0.971 bits per heavy atom. The zero-order valence-electron chi connectivity index (χ0n) is 19.5. The van der Waals surface area contributed by atoms with E-state index in [-0.39, 0.29) is 18.6 Å². The summed E-state index contributed by atoms with van der Waals surface area (Å²) in [6.07, 6.45) is -0.0910. The number of benzene rings is 2. The number of hydrogen-bond acceptors (Lipinski definition) is 9. The normalized spacial score (nSPS) is 10.3. The van der Waals surface area contributed by atoms with Crippen LogP contribution in [0.5, 0.6) is 17.2 Å². The Morgan fingerprint density at radius 2 is 1.71 bits per heavy atom. The Labute approximate surface area is 206 Å². The van der Waals surface area contributed by atoms with Crippen LogP contribution >= 0.6 is 11.3 Å². The zero-order chi connectivity index (χ0) is 25.2. The molecule has 1 heterocycles. The second-order valence-corrected chi connectivity index (χ2v) is 8.19. The van der Waals surface area contributed by atoms with Gasteiger partial charge in [-0.3, -0.25) is 25.2 Å². The fraction of sp³-hybridized carbons (Fsp3) is 0.250. The van der Waals surface area contributed by atoms with E-state index in [1.54, 1.807) is 11.4 Å². The summed E-state index contributed by atoms with van der Waals surface area (Å²) in [6.45, 7) is 1.72. The standard InChI is InChI=1S/C24H25N3O7S/c1-15-4-7-18(8-5-15)33-13-22-25-17(14-35-22)11-23(29)34-12-21(28)26-27-24(30)16-6-9-19(31-2)20(10-16)32-3/h4-10,14H,11-13H2,1-3H3,(H,26,28)(H,27,30). The molecule has 0 saturated heterocycles. The first-order valence-corrected chi connectivity index (χ1v) is 11.4. The van der Waals surface area contributed by atoms with E-state index in [0.717, 1.165) is 11.3 Å². The molecule has 0 atom stereocenters. The van der Waals surface area contributed by atoms with Crippen LogP contribution in [0.25, 0.3) is 0 Å². The summed E-state index contributed by atoms with van der Waals surface area (Å²) in [5.74, 6) is -0.330. The lowest BCUT2D eigenvalue weighted by molar-refractivity contribution is -0.148. The van der Waals surface area contributed by atoms with Crippen LogP contribution in [-0.4, -0.2) is 43.6 Å². The second-order valence-electron chi connectivity index (χ2n) is 7.24. The highest BCUT2D eigenvalue weighted by Crippen LogP contribution is 2.27. The number of ether oxygens (including phenoxy) is 4. The third kappa shape index (κ3) is 7.71. The number of thiazole rings is 1. The van der Waals surface area contributed by atoms with Crippen LogP contribution in [0.2, 0.25) is 0 Å². The third-order valence-corrected chi connectivity index (χ3v) is 5.50. The molecule has 0 unspecified atom stereocenters. The van der Waals surface area contributed by atoms with Crippen molar-refractivity contribution in [2.24, 2.45) is 0 Å². The Morgan fingerprint density at radius 3 is 2.43 bits per heavy atom. The van der Waals surface area contributed by atoms with Crippen LogP contribution in [0, 0.1) is 6.92 Å². The Balaban J connectivity index is 1.38. The number of aryl methyl sites for hydroxylation is 1. The van der Waals surface area contributed by atoms with Crippen LogP contribution < -0.4 is 25.1 Å². The van der Waals surface area contributed by atoms with Gasteiger partial charge in [0.25, 0.3) is 11.8 Å². The molecule has 10 nitrogen and oxygen atoms in total. The summed E-state index contributed by atoms with van der Waals surface area (Å²) in [5.41, 5.74) is 6.33. The van der Waals surface area contributed by atoms with Crippen LogP contribution in [0.1, 0.15) is 26.6 Å². The molecule has 0 aliphatic carbocycles. The molecule has 11 heteroatoms. The lowest BCUT2D eigenvalue weighted by Crippen LogP contribution is -2.43. The first-order valence-electron chi connectivity index (χ1n) is 10.5. The molecular formula is C24H25N3O7S. The van der Waals surface area contributed by atoms with Gasteiger partial charge in [0.05, 0.1) is 26.3 Å². The predicted molar refractivity (Wildman–Crippen MR) is 127 cm³/mol. The van der Waals surface area contributed by atoms with Gasteiger partial charge in [0.2, 0.25) is 0 Å². The van der Waals surface area contributed by atoms with E-state index in [9.17, 15) is 14.4 Å². The number of amides is 2. The van der Waals surface area contributed by atoms with Gasteiger partial charge in [-0.15, -0.1) is 11.3 Å². The molecule has 0 spiro atoms. The summed E-state index contributed by atoms with van der Waals surface area (Å²) in [7, 11) is 2.93. The second kappa shape index (κ2) is 12.4. The van der Waals surface area contributed by atoms with Crippen LogP contribution in [-0.2, 0) is 27.4 Å². The van der Waals surface area contributed by atoms with Gasteiger partial charge in [-0.25, -0.2) is 4.98 Å². The molecule has 0 saturated carbocycles. The van der Waals surface area contributed by atoms with Crippen LogP contribution in [0.4, 0.5) is 0 Å². The highest BCUT2D eigenvalue weighted by atomic mass is 32.1. The Hall–Kier alpha value is -4.12. The molecule has 3 aromatic rings. The number of methoxy groups -OCH3 is 2. The fourth-order valence-electron chi connectivity index (χ4n) is 2.83. The number of nitrogens with zero attached hydrogens (tertiary/aromatic N) is 1. The minimum Gasteiger partial charge on any atom is -0.493 e. The predicted octanol–water partition coefficient (Wildman–Crippen LogP) is 2.59. The fourth-order valence-corrected chi connectivity index (χ4v) is 3.54. The SMILES string of the molecule is COc1ccc(C(=O)NNC(=O)COC(=O)Cc2csc(COc3ccc(C)cc3)n2)cc1OC. The maximum Gasteiger partial charge on any atom is 0.312 e. The maximum atomic E-state index is 12.2. The number of aromatic nitrogens is 1. The van der Waals surface area contributed by atoms with Crippen molar-refractivity contribution in [1.29, 1.82) is 0 Å². The summed E-state index contributed by atoms with van der Waals surface area (Å²) in [6, 6.07) is 12.2. The van der Waals surface area contributed by atoms with Gasteiger partial charge in [0.1, 0.15) is 17.4 Å². The molecule has 2 amide bonds. The topological polar surface area (TPSA) is 125 Å². The van der Waals surface area contributed by atoms with Gasteiger partial charge >= 0.3 is 5.97 Å². The molecular weight excluding hydrogens is 474 g/mol. The largest absolute Gasteiger partial charge is 0.493 e. The lowest BCUT2D eigenvalue weighted by atomic mass is 10.2. The van der Waals surface area contributed by atoms with E-state index in [1.165, 1.54) is 37.7 Å². The molecule has 3 rings (SSSR count). The van der Waals surface area contributed by atoms with Gasteiger partial charge in [-0.2, -0.15) is 0 Å². The third-order valence-electron chi connectivity index (χ3n) is 4.63. The van der Waals surface area contributed by atoms with Crippen LogP contribution in [0.3, 0.4) is 0 Å². The molecule has 2 aromatic carbocycles. The molecule has 0 bridgehead atoms. The smallest absolute Gasteiger partial charge is 0.312 e. The number of nitrogens with one attached hydrogen (secondary N) is 2. The van der Waals surface area contributed by atoms with Crippen molar-refractivity contribution in [3.8, 4) is 17.2 Å². The Bertz CT molecular complexity index is 1180. The van der Waals surface area contributed by atoms with Crippen molar-refractivity contribution in [1.82, 2.24) is 15.8 Å². The van der Waals surface area contributed by atoms with E-state index in [0.29, 0.717) is 22.2 Å². The van der Waals surface area contributed by atoms with E-state index in [2.05, 4.69) is 15.8 Å². The number of esters is 1. The highest BCUT2D eigenvalue weighted by molar-refractivity contribution is 7.09. The molecule has 2 N–H and O–H groups in total. The van der Waals surface area contributed by atoms with Gasteiger partial charge in [0.15, 0.2) is 18.1 Å². The first-order chi connectivity index (χ1) is 16.9. The summed E-state index contributed by atoms with van der Waals surface area (Å²) in [5, 5.41) is 2.45. The molecule has 35 heavy (non-hydrogen) atoms. The summed E-state index contributed by atoms with van der Waals surface area (Å²) < 4.78 is 20.9. The van der Waals surface area contributed by atoms with Crippen molar-refractivity contribution in [3.63, 3.8) is 0 Å². The van der Waals surface area contributed by atoms with Gasteiger partial charge in [-0.1, -0.05) is 17.7 Å². The molecule has 0 aliphatic rings. The Kier molecular flexibility index (Phi) is 9.02. The van der Waals surface area contributed by atoms with Crippen molar-refractivity contribution in [3.05, 3.63) is 69.7 Å². The average molecular weight is 500 g/mol. The minimum atomic E-state index is -0.697. The van der Waals surface area contributed by atoms with E-state index >= 15 is 0 Å². The van der Waals surface area contributed by atoms with Gasteiger partial charge < -0.3 is 18.9 Å². The molecule has 0 fully saturated rings.